The molecule has 17 heavy (non-hydrogen) atoms. The van der Waals surface area contributed by atoms with Crippen molar-refractivity contribution in [2.24, 2.45) is 0 Å². The first-order chi connectivity index (χ1) is 8.29. The molecule has 6 heteroatoms. The molecule has 5 nitrogen and oxygen atoms in total. The van der Waals surface area contributed by atoms with Gasteiger partial charge < -0.3 is 19.9 Å². The Kier molecular flexibility index (Phi) is 3.89. The molecule has 0 aliphatic rings. The Morgan fingerprint density at radius 1 is 1.53 bits per heavy atom. The quantitative estimate of drug-likeness (QED) is 0.638. The normalized spacial score (nSPS) is 10.4. The Morgan fingerprint density at radius 3 is 3.24 bits per heavy atom. The topological polar surface area (TPSA) is 59.3 Å². The summed E-state index contributed by atoms with van der Waals surface area (Å²) < 4.78 is 9.78. The van der Waals surface area contributed by atoms with Crippen molar-refractivity contribution in [3.63, 3.8) is 0 Å². The molecule has 1 heterocycles. The fraction of sp³-hybridized carbons (Fsp3) is 0.273. The molecule has 0 saturated carbocycles. The van der Waals surface area contributed by atoms with Crippen molar-refractivity contribution < 1.29 is 9.26 Å². The van der Waals surface area contributed by atoms with Crippen molar-refractivity contribution in [2.45, 2.75) is 0 Å². The molecule has 2 rings (SSSR count). The Bertz CT molecular complexity index is 512. The zero-order valence-electron chi connectivity index (χ0n) is 9.40. The molecule has 2 N–H and O–H groups in total. The smallest absolute Gasteiger partial charge is 0.170 e. The molecule has 0 bridgehead atoms. The van der Waals surface area contributed by atoms with Crippen molar-refractivity contribution in [2.75, 3.05) is 25.6 Å². The largest absolute Gasteiger partial charge is 0.383 e. The van der Waals surface area contributed by atoms with E-state index < -0.39 is 0 Å². The summed E-state index contributed by atoms with van der Waals surface area (Å²) in [5.74, 6) is 0. The van der Waals surface area contributed by atoms with Crippen LogP contribution in [0.1, 0.15) is 0 Å². The van der Waals surface area contributed by atoms with Crippen LogP contribution in [0.4, 0.5) is 5.69 Å². The molecule has 0 amide bonds. The molecule has 0 spiro atoms. The number of methoxy groups -OCH3 is 1. The number of hydrogen-bond donors (Lipinski definition) is 2. The Morgan fingerprint density at radius 2 is 2.41 bits per heavy atom. The highest BCUT2D eigenvalue weighted by molar-refractivity contribution is 7.80. The first-order valence-corrected chi connectivity index (χ1v) is 5.58. The molecular weight excluding hydrogens is 238 g/mol. The van der Waals surface area contributed by atoms with E-state index in [-0.39, 0.29) is 0 Å². The minimum absolute atomic E-state index is 0.560. The van der Waals surface area contributed by atoms with Crippen molar-refractivity contribution in [3.05, 3.63) is 24.5 Å². The second-order valence-corrected chi connectivity index (χ2v) is 3.87. The van der Waals surface area contributed by atoms with Crippen molar-refractivity contribution in [1.82, 2.24) is 10.5 Å². The lowest BCUT2D eigenvalue weighted by atomic mass is 10.2. The van der Waals surface area contributed by atoms with Crippen molar-refractivity contribution >= 4 is 33.9 Å². The number of ether oxygens (including phenoxy) is 1. The van der Waals surface area contributed by atoms with Gasteiger partial charge in [-0.05, 0) is 30.4 Å². The van der Waals surface area contributed by atoms with Crippen LogP contribution < -0.4 is 10.6 Å². The summed E-state index contributed by atoms with van der Waals surface area (Å²) >= 11 is 5.13. The molecular formula is C11H13N3O2S. The molecule has 1 aromatic carbocycles. The lowest BCUT2D eigenvalue weighted by Gasteiger charge is -2.09. The van der Waals surface area contributed by atoms with Gasteiger partial charge in [0.05, 0.1) is 6.61 Å². The standard InChI is InChI=1S/C11H13N3O2S/c1-15-5-4-12-11(17)13-9-3-2-8-7-16-14-10(8)6-9/h2-3,6-7H,4-5H2,1H3,(H2,12,13,17). The van der Waals surface area contributed by atoms with E-state index >= 15 is 0 Å². The maximum Gasteiger partial charge on any atom is 0.170 e. The highest BCUT2D eigenvalue weighted by Gasteiger charge is 2.01. The van der Waals surface area contributed by atoms with Gasteiger partial charge in [-0.2, -0.15) is 0 Å². The van der Waals surface area contributed by atoms with Gasteiger partial charge in [0.2, 0.25) is 0 Å². The van der Waals surface area contributed by atoms with Gasteiger partial charge in [-0.3, -0.25) is 0 Å². The summed E-state index contributed by atoms with van der Waals surface area (Å²) in [6, 6.07) is 5.72. The number of nitrogens with one attached hydrogen (secondary N) is 2. The van der Waals surface area contributed by atoms with E-state index in [1.54, 1.807) is 13.4 Å². The third-order valence-corrected chi connectivity index (χ3v) is 2.46. The van der Waals surface area contributed by atoms with Crippen LogP contribution in [0, 0.1) is 0 Å². The van der Waals surface area contributed by atoms with Gasteiger partial charge >= 0.3 is 0 Å². The first kappa shape index (κ1) is 11.8. The third kappa shape index (κ3) is 3.15. The number of thiocarbonyl (C=S) groups is 1. The SMILES string of the molecule is COCCNC(=S)Nc1ccc2conc2c1. The highest BCUT2D eigenvalue weighted by atomic mass is 32.1. The zero-order valence-corrected chi connectivity index (χ0v) is 10.2. The first-order valence-electron chi connectivity index (χ1n) is 5.17. The van der Waals surface area contributed by atoms with E-state index in [0.29, 0.717) is 18.3 Å². The molecule has 0 radical (unpaired) electrons. The lowest BCUT2D eigenvalue weighted by Crippen LogP contribution is -2.31. The average Bonchev–Trinajstić information content (AvgIpc) is 2.76. The summed E-state index contributed by atoms with van der Waals surface area (Å²) in [6.45, 7) is 1.29. The lowest BCUT2D eigenvalue weighted by molar-refractivity contribution is 0.204. The van der Waals surface area contributed by atoms with Gasteiger partial charge in [0, 0.05) is 24.7 Å². The predicted octanol–water partition coefficient (Wildman–Crippen LogP) is 1.76. The van der Waals surface area contributed by atoms with Gasteiger partial charge in [-0.1, -0.05) is 5.16 Å². The van der Waals surface area contributed by atoms with Crippen LogP contribution >= 0.6 is 12.2 Å². The van der Waals surface area contributed by atoms with E-state index in [9.17, 15) is 0 Å². The number of benzene rings is 1. The summed E-state index contributed by atoms with van der Waals surface area (Å²) in [6.07, 6.45) is 1.61. The minimum Gasteiger partial charge on any atom is -0.383 e. The monoisotopic (exact) mass is 251 g/mol. The number of fused-ring (bicyclic) bond motifs is 1. The van der Waals surface area contributed by atoms with Crippen LogP contribution in [0.25, 0.3) is 10.9 Å². The van der Waals surface area contributed by atoms with E-state index in [2.05, 4.69) is 15.8 Å². The van der Waals surface area contributed by atoms with Gasteiger partial charge in [0.1, 0.15) is 11.8 Å². The molecule has 0 fully saturated rings. The van der Waals surface area contributed by atoms with Crippen LogP contribution in [0.2, 0.25) is 0 Å². The van der Waals surface area contributed by atoms with E-state index in [1.165, 1.54) is 0 Å². The van der Waals surface area contributed by atoms with Crippen molar-refractivity contribution in [1.29, 1.82) is 0 Å². The van der Waals surface area contributed by atoms with Crippen LogP contribution in [0.5, 0.6) is 0 Å². The maximum absolute atomic E-state index is 5.13. The van der Waals surface area contributed by atoms with E-state index in [4.69, 9.17) is 21.5 Å². The van der Waals surface area contributed by atoms with Gasteiger partial charge in [-0.15, -0.1) is 0 Å². The molecule has 90 valence electrons. The summed E-state index contributed by atoms with van der Waals surface area (Å²) in [5, 5.41) is 11.5. The molecule has 0 atom stereocenters. The Labute approximate surface area is 104 Å². The summed E-state index contributed by atoms with van der Waals surface area (Å²) in [5.41, 5.74) is 1.68. The number of nitrogens with zero attached hydrogens (tertiary/aromatic N) is 1. The molecule has 0 saturated heterocycles. The van der Waals surface area contributed by atoms with E-state index in [0.717, 1.165) is 16.6 Å². The number of anilines is 1. The van der Waals surface area contributed by atoms with Crippen LogP contribution in [0.3, 0.4) is 0 Å². The number of aromatic nitrogens is 1. The molecule has 2 aromatic rings. The van der Waals surface area contributed by atoms with Crippen LogP contribution in [0.15, 0.2) is 29.0 Å². The highest BCUT2D eigenvalue weighted by Crippen LogP contribution is 2.17. The predicted molar refractivity (Wildman–Crippen MR) is 70.1 cm³/mol. The van der Waals surface area contributed by atoms with Gasteiger partial charge in [-0.25, -0.2) is 0 Å². The number of hydrogen-bond acceptors (Lipinski definition) is 4. The molecule has 0 aliphatic heterocycles. The second-order valence-electron chi connectivity index (χ2n) is 3.46. The molecule has 0 aliphatic carbocycles. The maximum atomic E-state index is 5.13. The fourth-order valence-electron chi connectivity index (χ4n) is 1.38. The zero-order chi connectivity index (χ0) is 12.1. The van der Waals surface area contributed by atoms with Gasteiger partial charge in [0.25, 0.3) is 0 Å². The summed E-state index contributed by atoms with van der Waals surface area (Å²) in [4.78, 5) is 0. The van der Waals surface area contributed by atoms with Crippen molar-refractivity contribution in [3.8, 4) is 0 Å². The van der Waals surface area contributed by atoms with Crippen LogP contribution in [-0.2, 0) is 4.74 Å². The third-order valence-electron chi connectivity index (χ3n) is 2.21. The minimum atomic E-state index is 0.560. The Balaban J connectivity index is 1.95. The average molecular weight is 251 g/mol. The second kappa shape index (κ2) is 5.60. The van der Waals surface area contributed by atoms with Gasteiger partial charge in [0.15, 0.2) is 5.11 Å². The molecule has 0 unspecified atom stereocenters. The number of rotatable bonds is 4. The molecule has 1 aromatic heterocycles. The summed E-state index contributed by atoms with van der Waals surface area (Å²) in [7, 11) is 1.65. The van der Waals surface area contributed by atoms with E-state index in [1.807, 2.05) is 18.2 Å². The fourth-order valence-corrected chi connectivity index (χ4v) is 1.60. The Hall–Kier alpha value is -1.66. The van der Waals surface area contributed by atoms with Crippen LogP contribution in [-0.4, -0.2) is 30.5 Å².